The first-order chi connectivity index (χ1) is 7.06. The molecule has 1 N–H and O–H groups in total. The van der Waals surface area contributed by atoms with Crippen LogP contribution >= 0.6 is 0 Å². The quantitative estimate of drug-likeness (QED) is 0.749. The fourth-order valence-electron chi connectivity index (χ4n) is 0.950. The second kappa shape index (κ2) is 4.59. The lowest BCUT2D eigenvalue weighted by molar-refractivity contribution is -0.105. The lowest BCUT2D eigenvalue weighted by Crippen LogP contribution is -2.36. The fraction of sp³-hybridized carbons (Fsp3) is 0.444. The maximum atomic E-state index is 11.7. The van der Waals surface area contributed by atoms with Gasteiger partial charge in [0, 0.05) is 25.4 Å². The van der Waals surface area contributed by atoms with Crippen LogP contribution in [0.25, 0.3) is 0 Å². The van der Waals surface area contributed by atoms with E-state index >= 15 is 0 Å². The highest BCUT2D eigenvalue weighted by Gasteiger charge is 2.14. The summed E-state index contributed by atoms with van der Waals surface area (Å²) in [5.41, 5.74) is 0. The molecule has 1 aromatic rings. The van der Waals surface area contributed by atoms with Gasteiger partial charge < -0.3 is 10.2 Å². The first-order valence-corrected chi connectivity index (χ1v) is 4.59. The Labute approximate surface area is 87.9 Å². The molecule has 15 heavy (non-hydrogen) atoms. The lowest BCUT2D eigenvalue weighted by Gasteiger charge is -2.20. The summed E-state index contributed by atoms with van der Waals surface area (Å²) in [5.74, 6) is 0.357. The van der Waals surface area contributed by atoms with Gasteiger partial charge in [-0.1, -0.05) is 0 Å². The minimum absolute atomic E-state index is 0.101. The largest absolute Gasteiger partial charge is 0.344 e. The van der Waals surface area contributed by atoms with Crippen molar-refractivity contribution in [3.8, 4) is 0 Å². The predicted molar refractivity (Wildman–Crippen MR) is 55.6 cm³/mol. The molecule has 0 fully saturated rings. The van der Waals surface area contributed by atoms with E-state index in [2.05, 4.69) is 10.4 Å². The van der Waals surface area contributed by atoms with E-state index in [0.717, 1.165) is 0 Å². The highest BCUT2D eigenvalue weighted by molar-refractivity contribution is 5.77. The molecule has 0 bridgehead atoms. The number of aromatic nitrogens is 2. The summed E-state index contributed by atoms with van der Waals surface area (Å²) < 4.78 is 1.19. The van der Waals surface area contributed by atoms with E-state index in [4.69, 9.17) is 0 Å². The van der Waals surface area contributed by atoms with Gasteiger partial charge in [0.15, 0.2) is 5.82 Å². The highest BCUT2D eigenvalue weighted by Crippen LogP contribution is 2.03. The first kappa shape index (κ1) is 11.2. The second-order valence-corrected chi connectivity index (χ2v) is 3.39. The van der Waals surface area contributed by atoms with Gasteiger partial charge in [-0.25, -0.2) is 4.79 Å². The molecule has 0 spiro atoms. The number of rotatable bonds is 3. The molecule has 1 rings (SSSR count). The van der Waals surface area contributed by atoms with Crippen LogP contribution in [0.1, 0.15) is 13.8 Å². The van der Waals surface area contributed by atoms with E-state index in [9.17, 15) is 9.59 Å². The van der Waals surface area contributed by atoms with Crippen molar-refractivity contribution in [3.63, 3.8) is 0 Å². The molecule has 1 aromatic heterocycles. The Kier molecular flexibility index (Phi) is 3.43. The van der Waals surface area contributed by atoms with Gasteiger partial charge in [0.05, 0.1) is 0 Å². The molecule has 6 heteroatoms. The molecule has 0 aromatic carbocycles. The van der Waals surface area contributed by atoms with Crippen LogP contribution in [0.2, 0.25) is 0 Å². The average molecular weight is 210 g/mol. The summed E-state index contributed by atoms with van der Waals surface area (Å²) in [4.78, 5) is 23.4. The summed E-state index contributed by atoms with van der Waals surface area (Å²) in [6, 6.07) is 1.42. The topological polar surface area (TPSA) is 67.2 Å². The Bertz CT molecular complexity index is 359. The number of hydrogen-bond acceptors (Lipinski definition) is 3. The normalized spacial score (nSPS) is 10.1. The number of hydrogen-bond donors (Lipinski definition) is 1. The maximum Gasteiger partial charge on any atom is 0.344 e. The third-order valence-electron chi connectivity index (χ3n) is 2.07. The number of amides is 2. The number of nitrogens with zero attached hydrogens (tertiary/aromatic N) is 3. The van der Waals surface area contributed by atoms with Crippen molar-refractivity contribution in [2.24, 2.45) is 0 Å². The minimum atomic E-state index is -0.232. The van der Waals surface area contributed by atoms with Crippen molar-refractivity contribution >= 4 is 18.3 Å². The van der Waals surface area contributed by atoms with Crippen LogP contribution in [-0.4, -0.2) is 40.2 Å². The van der Waals surface area contributed by atoms with Gasteiger partial charge in [0.25, 0.3) is 0 Å². The van der Waals surface area contributed by atoms with E-state index in [1.807, 2.05) is 13.8 Å². The maximum absolute atomic E-state index is 11.7. The highest BCUT2D eigenvalue weighted by atomic mass is 16.2. The van der Waals surface area contributed by atoms with Gasteiger partial charge >= 0.3 is 6.03 Å². The monoisotopic (exact) mass is 210 g/mol. The van der Waals surface area contributed by atoms with Crippen LogP contribution in [-0.2, 0) is 4.79 Å². The summed E-state index contributed by atoms with van der Waals surface area (Å²) >= 11 is 0. The molecule has 6 nitrogen and oxygen atoms in total. The average Bonchev–Trinajstić information content (AvgIpc) is 2.64. The third kappa shape index (κ3) is 2.55. The van der Waals surface area contributed by atoms with Crippen LogP contribution in [0.3, 0.4) is 0 Å². The number of nitrogens with one attached hydrogen (secondary N) is 1. The van der Waals surface area contributed by atoms with Gasteiger partial charge in [-0.3, -0.25) is 4.79 Å². The third-order valence-corrected chi connectivity index (χ3v) is 2.07. The Morgan fingerprint density at radius 2 is 2.33 bits per heavy atom. The molecule has 0 saturated heterocycles. The van der Waals surface area contributed by atoms with E-state index in [1.165, 1.54) is 10.9 Å². The summed E-state index contributed by atoms with van der Waals surface area (Å²) in [6.45, 7) is 3.82. The van der Waals surface area contributed by atoms with Crippen molar-refractivity contribution in [1.82, 2.24) is 14.7 Å². The molecule has 0 atom stereocenters. The first-order valence-electron chi connectivity index (χ1n) is 4.59. The summed E-state index contributed by atoms with van der Waals surface area (Å²) in [5, 5.41) is 6.25. The molecule has 0 radical (unpaired) electrons. The Balaban J connectivity index is 2.78. The minimum Gasteiger partial charge on any atom is -0.323 e. The van der Waals surface area contributed by atoms with Crippen LogP contribution in [0.15, 0.2) is 12.3 Å². The molecule has 0 saturated carbocycles. The van der Waals surface area contributed by atoms with Crippen molar-refractivity contribution in [2.75, 3.05) is 12.4 Å². The number of carbonyl (C=O) groups is 2. The van der Waals surface area contributed by atoms with Gasteiger partial charge in [-0.15, -0.1) is 5.10 Å². The van der Waals surface area contributed by atoms with E-state index in [0.29, 0.717) is 12.2 Å². The predicted octanol–water partition coefficient (Wildman–Crippen LogP) is 0.760. The zero-order valence-electron chi connectivity index (χ0n) is 8.97. The molecule has 82 valence electrons. The summed E-state index contributed by atoms with van der Waals surface area (Å²) in [6.07, 6.45) is 2.02. The molecule has 1 heterocycles. The molecule has 0 aliphatic carbocycles. The standard InChI is InChI=1S/C9H14N4O2/c1-7(2)12(3)9(15)13-5-4-8(11-13)10-6-14/h4-7H,1-3H3,(H,10,11,14). The molecule has 0 aliphatic rings. The molecule has 0 unspecified atom stereocenters. The van der Waals surface area contributed by atoms with Crippen LogP contribution in [0.5, 0.6) is 0 Å². The molecular formula is C9H14N4O2. The van der Waals surface area contributed by atoms with E-state index in [-0.39, 0.29) is 12.1 Å². The number of anilines is 1. The van der Waals surface area contributed by atoms with E-state index < -0.39 is 0 Å². The van der Waals surface area contributed by atoms with Gasteiger partial charge in [0.1, 0.15) is 0 Å². The zero-order valence-corrected chi connectivity index (χ0v) is 8.97. The van der Waals surface area contributed by atoms with Crippen LogP contribution < -0.4 is 5.32 Å². The molecule has 0 aliphatic heterocycles. The Hall–Kier alpha value is -1.85. The van der Waals surface area contributed by atoms with Crippen LogP contribution in [0.4, 0.5) is 10.6 Å². The SMILES string of the molecule is CC(C)N(C)C(=O)n1ccc(NC=O)n1. The lowest BCUT2D eigenvalue weighted by atomic mass is 10.4. The molecule has 2 amide bonds. The summed E-state index contributed by atoms with van der Waals surface area (Å²) in [7, 11) is 1.70. The smallest absolute Gasteiger partial charge is 0.323 e. The Morgan fingerprint density at radius 3 is 2.87 bits per heavy atom. The van der Waals surface area contributed by atoms with Gasteiger partial charge in [-0.2, -0.15) is 4.68 Å². The van der Waals surface area contributed by atoms with E-state index in [1.54, 1.807) is 18.0 Å². The van der Waals surface area contributed by atoms with Crippen LogP contribution in [0, 0.1) is 0 Å². The van der Waals surface area contributed by atoms with Gasteiger partial charge in [0.2, 0.25) is 6.41 Å². The number of carbonyl (C=O) groups excluding carboxylic acids is 2. The molecular weight excluding hydrogens is 196 g/mol. The zero-order chi connectivity index (χ0) is 11.4. The Morgan fingerprint density at radius 1 is 1.67 bits per heavy atom. The second-order valence-electron chi connectivity index (χ2n) is 3.39. The van der Waals surface area contributed by atoms with Crippen molar-refractivity contribution in [1.29, 1.82) is 0 Å². The van der Waals surface area contributed by atoms with Crippen molar-refractivity contribution < 1.29 is 9.59 Å². The fourth-order valence-corrected chi connectivity index (χ4v) is 0.950. The van der Waals surface area contributed by atoms with Gasteiger partial charge in [-0.05, 0) is 13.8 Å². The van der Waals surface area contributed by atoms with Crippen molar-refractivity contribution in [2.45, 2.75) is 19.9 Å². The van der Waals surface area contributed by atoms with Crippen molar-refractivity contribution in [3.05, 3.63) is 12.3 Å².